The molecule has 3 nitrogen and oxygen atoms in total. The average molecular weight is 309 g/mol. The summed E-state index contributed by atoms with van der Waals surface area (Å²) in [7, 11) is 0. The van der Waals surface area contributed by atoms with Crippen molar-refractivity contribution >= 4 is 26.7 Å². The molecule has 0 aliphatic heterocycles. The Balaban J connectivity index is 1.85. The molecule has 0 aliphatic carbocycles. The van der Waals surface area contributed by atoms with Crippen molar-refractivity contribution < 1.29 is 4.39 Å². The highest BCUT2D eigenvalue weighted by Crippen LogP contribution is 2.27. The Bertz CT molecular complexity index is 566. The summed E-state index contributed by atoms with van der Waals surface area (Å²) in [5, 5.41) is 4.31. The van der Waals surface area contributed by atoms with Crippen LogP contribution in [-0.4, -0.2) is 35.6 Å². The lowest BCUT2D eigenvalue weighted by molar-refractivity contribution is 0.295. The molecule has 1 unspecified atom stereocenters. The lowest BCUT2D eigenvalue weighted by Crippen LogP contribution is -2.25. The molecule has 0 bridgehead atoms. The van der Waals surface area contributed by atoms with E-state index in [0.717, 1.165) is 41.4 Å². The number of hydrogen-bond donors (Lipinski definition) is 1. The van der Waals surface area contributed by atoms with Gasteiger partial charge in [0.15, 0.2) is 5.13 Å². The number of rotatable bonds is 8. The zero-order valence-corrected chi connectivity index (χ0v) is 13.8. The molecule has 5 heteroatoms. The van der Waals surface area contributed by atoms with Crippen LogP contribution in [0.5, 0.6) is 0 Å². The smallest absolute Gasteiger partial charge is 0.184 e. The molecule has 116 valence electrons. The van der Waals surface area contributed by atoms with Crippen LogP contribution in [0.4, 0.5) is 9.52 Å². The average Bonchev–Trinajstić information content (AvgIpc) is 2.84. The third kappa shape index (κ3) is 4.64. The van der Waals surface area contributed by atoms with Crippen LogP contribution in [0.3, 0.4) is 0 Å². The molecule has 2 aromatic rings. The van der Waals surface area contributed by atoms with Crippen molar-refractivity contribution in [3.05, 3.63) is 24.0 Å². The van der Waals surface area contributed by atoms with Crippen molar-refractivity contribution in [2.45, 2.75) is 39.7 Å². The van der Waals surface area contributed by atoms with Crippen LogP contribution in [0, 0.1) is 5.82 Å². The Morgan fingerprint density at radius 1 is 1.33 bits per heavy atom. The predicted molar refractivity (Wildman–Crippen MR) is 89.7 cm³/mol. The fourth-order valence-corrected chi connectivity index (χ4v) is 3.36. The highest BCUT2D eigenvalue weighted by atomic mass is 32.1. The molecule has 0 spiro atoms. The lowest BCUT2D eigenvalue weighted by atomic mass is 10.2. The van der Waals surface area contributed by atoms with Crippen molar-refractivity contribution in [2.75, 3.05) is 25.0 Å². The molecular weight excluding hydrogens is 285 g/mol. The fraction of sp³-hybridized carbons (Fsp3) is 0.562. The Kier molecular flexibility index (Phi) is 5.94. The van der Waals surface area contributed by atoms with Gasteiger partial charge >= 0.3 is 0 Å². The van der Waals surface area contributed by atoms with Gasteiger partial charge in [-0.2, -0.15) is 0 Å². The van der Waals surface area contributed by atoms with E-state index in [0.29, 0.717) is 6.04 Å². The quantitative estimate of drug-likeness (QED) is 0.785. The van der Waals surface area contributed by atoms with E-state index < -0.39 is 0 Å². The van der Waals surface area contributed by atoms with Gasteiger partial charge in [0, 0.05) is 12.1 Å². The van der Waals surface area contributed by atoms with Crippen molar-refractivity contribution in [3.63, 3.8) is 0 Å². The second kappa shape index (κ2) is 7.71. The Hall–Kier alpha value is -1.20. The van der Waals surface area contributed by atoms with Crippen LogP contribution in [0.15, 0.2) is 18.2 Å². The maximum Gasteiger partial charge on any atom is 0.184 e. The van der Waals surface area contributed by atoms with Gasteiger partial charge in [0.05, 0.1) is 10.2 Å². The molecular formula is C16H24FN3S. The number of nitrogens with one attached hydrogen (secondary N) is 1. The van der Waals surface area contributed by atoms with Gasteiger partial charge in [-0.3, -0.25) is 0 Å². The zero-order chi connectivity index (χ0) is 15.2. The SMILES string of the molecule is CCN(CC)CCCC(C)Nc1nc2cc(F)ccc2s1. The number of halogens is 1. The number of benzene rings is 1. The van der Waals surface area contributed by atoms with Crippen LogP contribution < -0.4 is 5.32 Å². The van der Waals surface area contributed by atoms with E-state index in [-0.39, 0.29) is 5.82 Å². The van der Waals surface area contributed by atoms with Crippen molar-refractivity contribution in [1.82, 2.24) is 9.88 Å². The minimum Gasteiger partial charge on any atom is -0.359 e. The maximum absolute atomic E-state index is 13.2. The van der Waals surface area contributed by atoms with E-state index in [1.54, 1.807) is 17.4 Å². The molecule has 1 atom stereocenters. The molecule has 21 heavy (non-hydrogen) atoms. The van der Waals surface area contributed by atoms with E-state index in [9.17, 15) is 4.39 Å². The summed E-state index contributed by atoms with van der Waals surface area (Å²) >= 11 is 1.58. The van der Waals surface area contributed by atoms with Crippen molar-refractivity contribution in [1.29, 1.82) is 0 Å². The van der Waals surface area contributed by atoms with Gasteiger partial charge in [0.1, 0.15) is 5.82 Å². The number of aromatic nitrogens is 1. The number of thiazole rings is 1. The zero-order valence-electron chi connectivity index (χ0n) is 13.0. The van der Waals surface area contributed by atoms with E-state index in [2.05, 4.69) is 36.0 Å². The van der Waals surface area contributed by atoms with E-state index in [1.165, 1.54) is 18.6 Å². The summed E-state index contributed by atoms with van der Waals surface area (Å²) in [6.07, 6.45) is 2.29. The fourth-order valence-electron chi connectivity index (χ4n) is 2.41. The standard InChI is InChI=1S/C16H24FN3S/c1-4-20(5-2)10-6-7-12(3)18-16-19-14-11-13(17)8-9-15(14)21-16/h8-9,11-12H,4-7,10H2,1-3H3,(H,18,19). The van der Waals surface area contributed by atoms with Crippen molar-refractivity contribution in [2.24, 2.45) is 0 Å². The van der Waals surface area contributed by atoms with Gasteiger partial charge in [-0.25, -0.2) is 9.37 Å². The predicted octanol–water partition coefficient (Wildman–Crippen LogP) is 4.36. The first-order valence-electron chi connectivity index (χ1n) is 7.67. The first-order valence-corrected chi connectivity index (χ1v) is 8.49. The monoisotopic (exact) mass is 309 g/mol. The first-order chi connectivity index (χ1) is 10.1. The normalized spacial score (nSPS) is 13.0. The third-order valence-electron chi connectivity index (χ3n) is 3.73. The van der Waals surface area contributed by atoms with Gasteiger partial charge in [-0.15, -0.1) is 0 Å². The summed E-state index contributed by atoms with van der Waals surface area (Å²) in [5.74, 6) is -0.230. The second-order valence-electron chi connectivity index (χ2n) is 5.35. The molecule has 1 aromatic carbocycles. The number of fused-ring (bicyclic) bond motifs is 1. The second-order valence-corrected chi connectivity index (χ2v) is 6.38. The molecule has 1 heterocycles. The highest BCUT2D eigenvalue weighted by molar-refractivity contribution is 7.22. The Labute approximate surface area is 130 Å². The van der Waals surface area contributed by atoms with E-state index in [4.69, 9.17) is 0 Å². The van der Waals surface area contributed by atoms with Gasteiger partial charge in [0.25, 0.3) is 0 Å². The van der Waals surface area contributed by atoms with E-state index >= 15 is 0 Å². The summed E-state index contributed by atoms with van der Waals surface area (Å²) in [6.45, 7) is 9.94. The third-order valence-corrected chi connectivity index (χ3v) is 4.69. The number of hydrogen-bond acceptors (Lipinski definition) is 4. The van der Waals surface area contributed by atoms with Gasteiger partial charge in [-0.05, 0) is 51.5 Å². The summed E-state index contributed by atoms with van der Waals surface area (Å²) in [4.78, 5) is 6.88. The van der Waals surface area contributed by atoms with Crippen molar-refractivity contribution in [3.8, 4) is 0 Å². The van der Waals surface area contributed by atoms with Gasteiger partial charge in [-0.1, -0.05) is 25.2 Å². The molecule has 1 N–H and O–H groups in total. The molecule has 0 fully saturated rings. The molecule has 0 radical (unpaired) electrons. The molecule has 0 aliphatic rings. The largest absolute Gasteiger partial charge is 0.359 e. The lowest BCUT2D eigenvalue weighted by Gasteiger charge is -2.19. The number of anilines is 1. The number of nitrogens with zero attached hydrogens (tertiary/aromatic N) is 2. The summed E-state index contributed by atoms with van der Waals surface area (Å²) in [6, 6.07) is 5.14. The van der Waals surface area contributed by atoms with E-state index in [1.807, 2.05) is 0 Å². The van der Waals surface area contributed by atoms with Crippen LogP contribution in [-0.2, 0) is 0 Å². The van der Waals surface area contributed by atoms with Gasteiger partial charge < -0.3 is 10.2 Å². The highest BCUT2D eigenvalue weighted by Gasteiger charge is 2.08. The van der Waals surface area contributed by atoms with Crippen LogP contribution in [0.1, 0.15) is 33.6 Å². The maximum atomic E-state index is 13.2. The van der Waals surface area contributed by atoms with Gasteiger partial charge in [0.2, 0.25) is 0 Å². The molecule has 0 amide bonds. The minimum absolute atomic E-state index is 0.230. The Morgan fingerprint density at radius 2 is 2.10 bits per heavy atom. The molecule has 0 saturated carbocycles. The summed E-state index contributed by atoms with van der Waals surface area (Å²) < 4.78 is 14.2. The minimum atomic E-state index is -0.230. The first kappa shape index (κ1) is 16.2. The van der Waals surface area contributed by atoms with Crippen LogP contribution in [0.2, 0.25) is 0 Å². The Morgan fingerprint density at radius 3 is 2.81 bits per heavy atom. The topological polar surface area (TPSA) is 28.2 Å². The summed E-state index contributed by atoms with van der Waals surface area (Å²) in [5.41, 5.74) is 0.734. The van der Waals surface area contributed by atoms with Crippen LogP contribution in [0.25, 0.3) is 10.2 Å². The molecule has 1 aromatic heterocycles. The molecule has 2 rings (SSSR count). The molecule has 0 saturated heterocycles. The van der Waals surface area contributed by atoms with Crippen LogP contribution >= 0.6 is 11.3 Å².